The Kier molecular flexibility index (Phi) is 4.61. The number of pyridine rings is 1. The molecule has 27 heavy (non-hydrogen) atoms. The predicted molar refractivity (Wildman–Crippen MR) is 107 cm³/mol. The first-order valence-corrected chi connectivity index (χ1v) is 9.77. The molecule has 6 nitrogen and oxygen atoms in total. The van der Waals surface area contributed by atoms with Crippen LogP contribution in [0.4, 0.5) is 5.82 Å². The second-order valence-corrected chi connectivity index (χ2v) is 7.91. The average molecular weight is 383 g/mol. The number of phenols is 2. The molecule has 3 N–H and O–H groups in total. The summed E-state index contributed by atoms with van der Waals surface area (Å²) in [6.45, 7) is 3.35. The van der Waals surface area contributed by atoms with Gasteiger partial charge in [-0.15, -0.1) is 11.3 Å². The number of aromatic nitrogens is 1. The lowest BCUT2D eigenvalue weighted by Gasteiger charge is -2.24. The monoisotopic (exact) mass is 383 g/mol. The van der Waals surface area contributed by atoms with Crippen molar-refractivity contribution in [3.8, 4) is 11.5 Å². The van der Waals surface area contributed by atoms with E-state index >= 15 is 0 Å². The zero-order chi connectivity index (χ0) is 19.0. The lowest BCUT2D eigenvalue weighted by molar-refractivity contribution is 0.0748. The van der Waals surface area contributed by atoms with Gasteiger partial charge >= 0.3 is 0 Å². The van der Waals surface area contributed by atoms with Crippen molar-refractivity contribution in [2.75, 3.05) is 18.4 Å². The van der Waals surface area contributed by atoms with Crippen molar-refractivity contribution in [2.24, 2.45) is 0 Å². The first-order chi connectivity index (χ1) is 13.0. The number of phenolic OH excluding ortho intramolecular Hbond substituents is 2. The molecule has 140 valence electrons. The summed E-state index contributed by atoms with van der Waals surface area (Å²) in [5, 5.41) is 23.4. The van der Waals surface area contributed by atoms with Gasteiger partial charge in [-0.05, 0) is 49.4 Å². The van der Waals surface area contributed by atoms with Crippen molar-refractivity contribution >= 4 is 33.1 Å². The van der Waals surface area contributed by atoms with Gasteiger partial charge in [0.25, 0.3) is 5.91 Å². The molecule has 1 fully saturated rings. The second kappa shape index (κ2) is 7.08. The van der Waals surface area contributed by atoms with E-state index in [2.05, 4.69) is 10.3 Å². The summed E-state index contributed by atoms with van der Waals surface area (Å²) in [5.74, 6) is 0.476. The van der Waals surface area contributed by atoms with Gasteiger partial charge in [0.15, 0.2) is 11.5 Å². The van der Waals surface area contributed by atoms with E-state index in [9.17, 15) is 15.0 Å². The van der Waals surface area contributed by atoms with Gasteiger partial charge in [-0.25, -0.2) is 4.98 Å². The van der Waals surface area contributed by atoms with E-state index in [1.54, 1.807) is 6.07 Å². The van der Waals surface area contributed by atoms with E-state index in [4.69, 9.17) is 0 Å². The predicted octanol–water partition coefficient (Wildman–Crippen LogP) is 3.73. The number of likely N-dealkylation sites (tertiary alicyclic amines) is 1. The van der Waals surface area contributed by atoms with Crippen LogP contribution in [0.15, 0.2) is 36.4 Å². The topological polar surface area (TPSA) is 85.7 Å². The summed E-state index contributed by atoms with van der Waals surface area (Å²) in [5.41, 5.74) is 0.955. The van der Waals surface area contributed by atoms with Crippen LogP contribution in [-0.2, 0) is 0 Å². The molecule has 1 unspecified atom stereocenters. The maximum absolute atomic E-state index is 13.0. The van der Waals surface area contributed by atoms with Gasteiger partial charge in [0.05, 0.1) is 4.88 Å². The van der Waals surface area contributed by atoms with Crippen molar-refractivity contribution in [3.63, 3.8) is 0 Å². The Morgan fingerprint density at radius 2 is 2.11 bits per heavy atom. The Balaban J connectivity index is 1.50. The van der Waals surface area contributed by atoms with Crippen LogP contribution in [0.5, 0.6) is 11.5 Å². The van der Waals surface area contributed by atoms with Crippen LogP contribution in [0.1, 0.15) is 28.2 Å². The zero-order valence-corrected chi connectivity index (χ0v) is 15.8. The van der Waals surface area contributed by atoms with E-state index in [-0.39, 0.29) is 23.4 Å². The van der Waals surface area contributed by atoms with Gasteiger partial charge in [-0.3, -0.25) is 4.79 Å². The molecule has 7 heteroatoms. The normalized spacial score (nSPS) is 16.8. The molecule has 1 aliphatic rings. The van der Waals surface area contributed by atoms with E-state index in [1.807, 2.05) is 30.0 Å². The highest BCUT2D eigenvalue weighted by Crippen LogP contribution is 2.36. The highest BCUT2D eigenvalue weighted by molar-refractivity contribution is 7.20. The SMILES string of the molecule is Cc1cccc(NCC2CCCN2C(=O)c2cc3cc(O)c(O)cc3s2)n1. The Morgan fingerprint density at radius 3 is 2.93 bits per heavy atom. The van der Waals surface area contributed by atoms with Crippen LogP contribution in [0, 0.1) is 6.92 Å². The molecule has 2 aromatic heterocycles. The summed E-state index contributed by atoms with van der Waals surface area (Å²) in [7, 11) is 0. The fourth-order valence-corrected chi connectivity index (χ4v) is 4.52. The number of thiophene rings is 1. The number of hydrogen-bond donors (Lipinski definition) is 3. The number of anilines is 1. The molecule has 0 spiro atoms. The molecule has 1 atom stereocenters. The molecule has 1 saturated heterocycles. The number of nitrogens with one attached hydrogen (secondary N) is 1. The second-order valence-electron chi connectivity index (χ2n) is 6.83. The minimum absolute atomic E-state index is 0.00307. The van der Waals surface area contributed by atoms with Gasteiger partial charge in [-0.2, -0.15) is 0 Å². The molecule has 1 aliphatic heterocycles. The van der Waals surface area contributed by atoms with E-state index in [1.165, 1.54) is 23.5 Å². The zero-order valence-electron chi connectivity index (χ0n) is 15.0. The Morgan fingerprint density at radius 1 is 1.30 bits per heavy atom. The fraction of sp³-hybridized carbons (Fsp3) is 0.300. The molecule has 3 aromatic rings. The number of rotatable bonds is 4. The number of nitrogens with zero attached hydrogens (tertiary/aromatic N) is 2. The number of benzene rings is 1. The minimum atomic E-state index is -0.173. The van der Waals surface area contributed by atoms with Crippen molar-refractivity contribution < 1.29 is 15.0 Å². The molecule has 1 amide bonds. The van der Waals surface area contributed by atoms with Gasteiger partial charge < -0.3 is 20.4 Å². The number of fused-ring (bicyclic) bond motifs is 1. The minimum Gasteiger partial charge on any atom is -0.504 e. The summed E-state index contributed by atoms with van der Waals surface area (Å²) in [4.78, 5) is 20.0. The van der Waals surface area contributed by atoms with Crippen molar-refractivity contribution in [2.45, 2.75) is 25.8 Å². The van der Waals surface area contributed by atoms with Crippen molar-refractivity contribution in [3.05, 3.63) is 47.0 Å². The molecule has 4 rings (SSSR count). The summed E-state index contributed by atoms with van der Waals surface area (Å²) < 4.78 is 0.784. The molecule has 0 bridgehead atoms. The standard InChI is InChI=1S/C20H21N3O3S/c1-12-4-2-6-19(22-12)21-11-14-5-3-7-23(14)20(26)18-9-13-8-15(24)16(25)10-17(13)27-18/h2,4,6,8-10,14,24-25H,3,5,7,11H2,1H3,(H,21,22). The van der Waals surface area contributed by atoms with Crippen molar-refractivity contribution in [1.29, 1.82) is 0 Å². The molecule has 0 saturated carbocycles. The molecule has 0 aliphatic carbocycles. The van der Waals surface area contributed by atoms with Crippen LogP contribution in [0.2, 0.25) is 0 Å². The van der Waals surface area contributed by atoms with Gasteiger partial charge in [-0.1, -0.05) is 6.07 Å². The molecule has 0 radical (unpaired) electrons. The highest BCUT2D eigenvalue weighted by Gasteiger charge is 2.30. The number of carbonyl (C=O) groups excluding carboxylic acids is 1. The van der Waals surface area contributed by atoms with Crippen LogP contribution in [-0.4, -0.2) is 45.1 Å². The smallest absolute Gasteiger partial charge is 0.264 e. The maximum Gasteiger partial charge on any atom is 0.264 e. The largest absolute Gasteiger partial charge is 0.504 e. The number of amides is 1. The maximum atomic E-state index is 13.0. The van der Waals surface area contributed by atoms with Gasteiger partial charge in [0.2, 0.25) is 0 Å². The van der Waals surface area contributed by atoms with Gasteiger partial charge in [0, 0.05) is 35.6 Å². The quantitative estimate of drug-likeness (QED) is 0.598. The van der Waals surface area contributed by atoms with E-state index < -0.39 is 0 Å². The number of aromatic hydroxyl groups is 2. The third-order valence-electron chi connectivity index (χ3n) is 4.87. The molecular formula is C20H21N3O3S. The Labute approximate surface area is 161 Å². The lowest BCUT2D eigenvalue weighted by Crippen LogP contribution is -2.39. The van der Waals surface area contributed by atoms with Crippen molar-refractivity contribution in [1.82, 2.24) is 9.88 Å². The summed E-state index contributed by atoms with van der Waals surface area (Å²) in [6.07, 6.45) is 1.93. The Hall–Kier alpha value is -2.80. The Bertz CT molecular complexity index is 962. The summed E-state index contributed by atoms with van der Waals surface area (Å²) >= 11 is 1.34. The summed E-state index contributed by atoms with van der Waals surface area (Å²) in [6, 6.07) is 10.7. The average Bonchev–Trinajstić information content (AvgIpc) is 3.26. The van der Waals surface area contributed by atoms with Crippen LogP contribution < -0.4 is 5.32 Å². The third-order valence-corrected chi connectivity index (χ3v) is 5.96. The van der Waals surface area contributed by atoms with Gasteiger partial charge in [0.1, 0.15) is 5.82 Å². The first-order valence-electron chi connectivity index (χ1n) is 8.95. The first kappa shape index (κ1) is 17.6. The molecule has 1 aromatic carbocycles. The van der Waals surface area contributed by atoms with E-state index in [0.29, 0.717) is 11.4 Å². The molecule has 3 heterocycles. The van der Waals surface area contributed by atoms with E-state index in [0.717, 1.165) is 41.0 Å². The lowest BCUT2D eigenvalue weighted by atomic mass is 10.2. The highest BCUT2D eigenvalue weighted by atomic mass is 32.1. The third kappa shape index (κ3) is 3.55. The number of hydrogen-bond acceptors (Lipinski definition) is 6. The van der Waals surface area contributed by atoms with Crippen LogP contribution >= 0.6 is 11.3 Å². The molecular weight excluding hydrogens is 362 g/mol. The van der Waals surface area contributed by atoms with Crippen LogP contribution in [0.3, 0.4) is 0 Å². The number of aryl methyl sites for hydroxylation is 1. The van der Waals surface area contributed by atoms with Crippen LogP contribution in [0.25, 0.3) is 10.1 Å². The number of carbonyl (C=O) groups is 1. The fourth-order valence-electron chi connectivity index (χ4n) is 3.49.